The van der Waals surface area contributed by atoms with Gasteiger partial charge in [-0.05, 0) is 68.9 Å². The first-order valence-corrected chi connectivity index (χ1v) is 14.6. The molecule has 4 heteroatoms. The van der Waals surface area contributed by atoms with Crippen LogP contribution in [0.25, 0.3) is 0 Å². The number of carbonyl (C=O) groups is 1. The van der Waals surface area contributed by atoms with Crippen LogP contribution in [0, 0.1) is 16.7 Å². The molecule has 0 aromatic heterocycles. The Bertz CT molecular complexity index is 1060. The summed E-state index contributed by atoms with van der Waals surface area (Å²) in [5, 5.41) is 0. The number of methoxy groups -OCH3 is 1. The van der Waals surface area contributed by atoms with E-state index in [1.165, 1.54) is 17.5 Å². The Morgan fingerprint density at radius 3 is 2.21 bits per heavy atom. The lowest BCUT2D eigenvalue weighted by Crippen LogP contribution is -2.56. The van der Waals surface area contributed by atoms with Gasteiger partial charge in [-0.1, -0.05) is 87.9 Å². The van der Waals surface area contributed by atoms with Crippen LogP contribution < -0.4 is 0 Å². The van der Waals surface area contributed by atoms with Gasteiger partial charge in [0.1, 0.15) is 5.60 Å². The minimum absolute atomic E-state index is 0.0307. The molecule has 0 aliphatic heterocycles. The first-order chi connectivity index (χ1) is 18.0. The second-order valence-electron chi connectivity index (χ2n) is 13.3. The van der Waals surface area contributed by atoms with Crippen molar-refractivity contribution in [2.75, 3.05) is 13.7 Å². The van der Waals surface area contributed by atoms with E-state index in [0.717, 1.165) is 38.8 Å². The van der Waals surface area contributed by atoms with Crippen LogP contribution in [-0.2, 0) is 26.4 Å². The fourth-order valence-electron chi connectivity index (χ4n) is 7.77. The Kier molecular flexibility index (Phi) is 8.45. The number of ether oxygens (including phenoxy) is 2. The molecule has 208 valence electrons. The van der Waals surface area contributed by atoms with Gasteiger partial charge in [0.2, 0.25) is 0 Å². The average molecular weight is 520 g/mol. The maximum absolute atomic E-state index is 13.6. The highest BCUT2D eigenvalue weighted by Gasteiger charge is 2.65. The molecule has 2 aromatic carbocycles. The van der Waals surface area contributed by atoms with Gasteiger partial charge in [0.15, 0.2) is 0 Å². The third-order valence-electron chi connectivity index (χ3n) is 9.77. The number of benzene rings is 2. The zero-order valence-corrected chi connectivity index (χ0v) is 24.8. The van der Waals surface area contributed by atoms with E-state index < -0.39 is 11.1 Å². The molecule has 4 rings (SSSR count). The van der Waals surface area contributed by atoms with Gasteiger partial charge >= 0.3 is 5.97 Å². The second kappa shape index (κ2) is 11.1. The molecule has 2 fully saturated rings. The lowest BCUT2D eigenvalue weighted by molar-refractivity contribution is -0.160. The quantitative estimate of drug-likeness (QED) is 0.284. The van der Waals surface area contributed by atoms with Gasteiger partial charge in [-0.3, -0.25) is 9.69 Å². The molecule has 4 atom stereocenters. The SMILES string of the molecule is CCCC(CC(=O)OC(C)(C)C)(c1ccccc1)N(Cc1ccccc1)CC12CCC(C[C@H]1OC)C2(C)C. The topological polar surface area (TPSA) is 38.8 Å². The van der Waals surface area contributed by atoms with Crippen molar-refractivity contribution in [1.29, 1.82) is 0 Å². The standard InChI is InChI=1S/C34H49NO3/c1-8-20-34(27-17-13-10-14-18-27,23-30(36)38-31(2,3)4)35(24-26-15-11-9-12-16-26)25-33-21-19-28(32(33,5)6)22-29(33)37-7/h9-18,28-29H,8,19-25H2,1-7H3/t28?,29-,33?,34?/m1/s1. The molecule has 2 saturated carbocycles. The molecule has 2 aliphatic rings. The van der Waals surface area contributed by atoms with Crippen LogP contribution in [0.15, 0.2) is 60.7 Å². The predicted molar refractivity (Wildman–Crippen MR) is 155 cm³/mol. The third-order valence-corrected chi connectivity index (χ3v) is 9.77. The average Bonchev–Trinajstić information content (AvgIpc) is 3.23. The molecule has 2 aliphatic carbocycles. The minimum Gasteiger partial charge on any atom is -0.460 e. The fourth-order valence-corrected chi connectivity index (χ4v) is 7.77. The lowest BCUT2D eigenvalue weighted by Gasteiger charge is -2.52. The maximum atomic E-state index is 13.6. The molecule has 0 amide bonds. The Balaban J connectivity index is 1.86. The van der Waals surface area contributed by atoms with Crippen LogP contribution in [0.4, 0.5) is 0 Å². The van der Waals surface area contributed by atoms with Gasteiger partial charge in [-0.2, -0.15) is 0 Å². The van der Waals surface area contributed by atoms with Crippen LogP contribution in [0.3, 0.4) is 0 Å². The number of hydrogen-bond acceptors (Lipinski definition) is 4. The summed E-state index contributed by atoms with van der Waals surface area (Å²) in [7, 11) is 1.89. The van der Waals surface area contributed by atoms with E-state index in [1.54, 1.807) is 0 Å². The molecule has 0 heterocycles. The maximum Gasteiger partial charge on any atom is 0.308 e. The first kappa shape index (κ1) is 28.8. The fraction of sp³-hybridized carbons (Fsp3) is 0.618. The summed E-state index contributed by atoms with van der Waals surface area (Å²) in [5.41, 5.74) is 1.65. The number of rotatable bonds is 11. The van der Waals surface area contributed by atoms with Crippen LogP contribution in [0.5, 0.6) is 0 Å². The van der Waals surface area contributed by atoms with Gasteiger partial charge in [-0.25, -0.2) is 0 Å². The van der Waals surface area contributed by atoms with Gasteiger partial charge in [0.05, 0.1) is 18.1 Å². The van der Waals surface area contributed by atoms with E-state index in [2.05, 4.69) is 86.3 Å². The van der Waals surface area contributed by atoms with E-state index in [1.807, 2.05) is 27.9 Å². The van der Waals surface area contributed by atoms with E-state index in [-0.39, 0.29) is 22.9 Å². The van der Waals surface area contributed by atoms with Gasteiger partial charge in [0, 0.05) is 25.6 Å². The summed E-state index contributed by atoms with van der Waals surface area (Å²) in [6.07, 6.45) is 5.94. The number of nitrogens with zero attached hydrogens (tertiary/aromatic N) is 1. The highest BCUT2D eigenvalue weighted by atomic mass is 16.6. The molecule has 38 heavy (non-hydrogen) atoms. The first-order valence-electron chi connectivity index (χ1n) is 14.6. The molecule has 0 spiro atoms. The summed E-state index contributed by atoms with van der Waals surface area (Å²) in [5.74, 6) is 0.540. The molecule has 3 unspecified atom stereocenters. The monoisotopic (exact) mass is 519 g/mol. The number of hydrogen-bond donors (Lipinski definition) is 0. The van der Waals surface area contributed by atoms with Crippen molar-refractivity contribution in [3.63, 3.8) is 0 Å². The van der Waals surface area contributed by atoms with Gasteiger partial charge in [-0.15, -0.1) is 0 Å². The highest BCUT2D eigenvalue weighted by molar-refractivity contribution is 5.72. The molecular weight excluding hydrogens is 470 g/mol. The molecule has 4 nitrogen and oxygen atoms in total. The zero-order chi connectivity index (χ0) is 27.6. The van der Waals surface area contributed by atoms with Crippen LogP contribution in [0.2, 0.25) is 0 Å². The van der Waals surface area contributed by atoms with Crippen LogP contribution in [-0.4, -0.2) is 36.2 Å². The second-order valence-corrected chi connectivity index (χ2v) is 13.3. The van der Waals surface area contributed by atoms with Crippen molar-refractivity contribution in [2.24, 2.45) is 16.7 Å². The summed E-state index contributed by atoms with van der Waals surface area (Å²) in [6.45, 7) is 14.7. The highest BCUT2D eigenvalue weighted by Crippen LogP contribution is 2.67. The van der Waals surface area contributed by atoms with E-state index >= 15 is 0 Å². The van der Waals surface area contributed by atoms with Crippen molar-refractivity contribution in [2.45, 2.75) is 104 Å². The smallest absolute Gasteiger partial charge is 0.308 e. The predicted octanol–water partition coefficient (Wildman–Crippen LogP) is 7.76. The van der Waals surface area contributed by atoms with E-state index in [9.17, 15) is 4.79 Å². The zero-order valence-electron chi connectivity index (χ0n) is 24.8. The van der Waals surface area contributed by atoms with Gasteiger partial charge in [0.25, 0.3) is 0 Å². The van der Waals surface area contributed by atoms with Crippen LogP contribution >= 0.6 is 0 Å². The largest absolute Gasteiger partial charge is 0.460 e. The van der Waals surface area contributed by atoms with Crippen molar-refractivity contribution in [3.8, 4) is 0 Å². The molecule has 2 bridgehead atoms. The number of carbonyl (C=O) groups excluding carboxylic acids is 1. The summed E-state index contributed by atoms with van der Waals surface area (Å²) >= 11 is 0. The normalized spacial score (nSPS) is 25.9. The summed E-state index contributed by atoms with van der Waals surface area (Å²) in [6, 6.07) is 21.4. The molecule has 0 N–H and O–H groups in total. The summed E-state index contributed by atoms with van der Waals surface area (Å²) < 4.78 is 12.2. The molecule has 0 radical (unpaired) electrons. The minimum atomic E-state index is -0.526. The van der Waals surface area contributed by atoms with Crippen molar-refractivity contribution in [1.82, 2.24) is 4.90 Å². The Morgan fingerprint density at radius 2 is 1.66 bits per heavy atom. The van der Waals surface area contributed by atoms with Crippen molar-refractivity contribution < 1.29 is 14.3 Å². The lowest BCUT2D eigenvalue weighted by atomic mass is 9.66. The Morgan fingerprint density at radius 1 is 1.03 bits per heavy atom. The number of fused-ring (bicyclic) bond motifs is 2. The molecular formula is C34H49NO3. The van der Waals surface area contributed by atoms with E-state index in [0.29, 0.717) is 12.3 Å². The van der Waals surface area contributed by atoms with Crippen molar-refractivity contribution >= 4 is 5.97 Å². The third kappa shape index (κ3) is 5.45. The number of esters is 1. The van der Waals surface area contributed by atoms with Crippen molar-refractivity contribution in [3.05, 3.63) is 71.8 Å². The summed E-state index contributed by atoms with van der Waals surface area (Å²) in [4.78, 5) is 16.3. The molecule has 0 saturated heterocycles. The van der Waals surface area contributed by atoms with E-state index in [4.69, 9.17) is 9.47 Å². The Labute approximate surface area is 231 Å². The van der Waals surface area contributed by atoms with Crippen LogP contribution in [0.1, 0.15) is 91.2 Å². The Hall–Kier alpha value is -2.17. The van der Waals surface area contributed by atoms with Gasteiger partial charge < -0.3 is 9.47 Å². The molecule has 2 aromatic rings.